The van der Waals surface area contributed by atoms with Gasteiger partial charge < -0.3 is 31.7 Å². The van der Waals surface area contributed by atoms with Gasteiger partial charge in [0.05, 0.1) is 13.2 Å². The molecule has 140 valence electrons. The molecular weight excluding hydrogens is 475 g/mol. The topological polar surface area (TPSA) is 193 Å². The molecule has 0 aliphatic carbocycles. The zero-order chi connectivity index (χ0) is 19.2. The predicted octanol–water partition coefficient (Wildman–Crippen LogP) is 1.22. The Balaban J connectivity index is 0.000000496. The quantitative estimate of drug-likeness (QED) is 0.224. The standard InChI is InChI=1S/C7H15Br2O5P.C3H6N6/c1-6(2,3)7(8,9)13-4-5-14-15(10,11)12;4-1-7-2(5)9-3(6)8-1/h4-5H2,1-3H3,(H2,10,11,12);(H6,4,5,6,7,8,9). The van der Waals surface area contributed by atoms with Gasteiger partial charge in [0.2, 0.25) is 17.8 Å². The van der Waals surface area contributed by atoms with Crippen LogP contribution in [0.2, 0.25) is 0 Å². The number of hydrogen-bond acceptors (Lipinski definition) is 9. The first-order chi connectivity index (χ1) is 10.6. The lowest BCUT2D eigenvalue weighted by Crippen LogP contribution is -2.34. The number of phosphoric ester groups is 1. The van der Waals surface area contributed by atoms with Crippen LogP contribution in [0, 0.1) is 5.41 Å². The van der Waals surface area contributed by atoms with Gasteiger partial charge in [-0.15, -0.1) is 0 Å². The molecule has 8 N–H and O–H groups in total. The number of anilines is 3. The molecule has 0 aliphatic rings. The summed E-state index contributed by atoms with van der Waals surface area (Å²) in [5, 5.41) is 0. The molecule has 0 bridgehead atoms. The first kappa shape index (κ1) is 23.4. The Labute approximate surface area is 156 Å². The Kier molecular flexibility index (Phi) is 9.01. The van der Waals surface area contributed by atoms with Crippen LogP contribution in [0.25, 0.3) is 0 Å². The molecule has 0 aromatic carbocycles. The number of halogens is 2. The first-order valence-electron chi connectivity index (χ1n) is 6.38. The molecular formula is C10H21Br2N6O5P. The first-order valence-corrected chi connectivity index (χ1v) is 9.50. The fourth-order valence-corrected chi connectivity index (χ4v) is 1.61. The van der Waals surface area contributed by atoms with Crippen LogP contribution in [0.1, 0.15) is 20.8 Å². The van der Waals surface area contributed by atoms with Crippen molar-refractivity contribution in [2.45, 2.75) is 24.2 Å². The number of nitrogen functional groups attached to an aromatic ring is 3. The molecule has 11 nitrogen and oxygen atoms in total. The maximum Gasteiger partial charge on any atom is 0.469 e. The van der Waals surface area contributed by atoms with Gasteiger partial charge in [-0.05, 0) is 31.9 Å². The third-order valence-electron chi connectivity index (χ3n) is 2.19. The molecule has 14 heteroatoms. The van der Waals surface area contributed by atoms with Crippen molar-refractivity contribution in [3.63, 3.8) is 0 Å². The van der Waals surface area contributed by atoms with Gasteiger partial charge in [-0.3, -0.25) is 4.52 Å². The average molecular weight is 496 g/mol. The van der Waals surface area contributed by atoms with E-state index >= 15 is 0 Å². The van der Waals surface area contributed by atoms with E-state index in [4.69, 9.17) is 31.7 Å². The molecule has 0 amide bonds. The van der Waals surface area contributed by atoms with E-state index in [-0.39, 0.29) is 36.5 Å². The number of alkyl halides is 2. The molecule has 0 saturated carbocycles. The van der Waals surface area contributed by atoms with Gasteiger partial charge >= 0.3 is 7.82 Å². The zero-order valence-electron chi connectivity index (χ0n) is 13.3. The van der Waals surface area contributed by atoms with E-state index in [1.54, 1.807) is 0 Å². The van der Waals surface area contributed by atoms with Crippen molar-refractivity contribution >= 4 is 57.5 Å². The summed E-state index contributed by atoms with van der Waals surface area (Å²) in [5.74, 6) is 0.125. The van der Waals surface area contributed by atoms with Crippen molar-refractivity contribution in [2.24, 2.45) is 5.41 Å². The van der Waals surface area contributed by atoms with E-state index in [0.717, 1.165) is 0 Å². The second-order valence-electron chi connectivity index (χ2n) is 5.35. The van der Waals surface area contributed by atoms with Crippen LogP contribution < -0.4 is 17.2 Å². The van der Waals surface area contributed by atoms with Gasteiger partial charge in [0, 0.05) is 5.41 Å². The van der Waals surface area contributed by atoms with Crippen LogP contribution in [0.4, 0.5) is 17.8 Å². The zero-order valence-corrected chi connectivity index (χ0v) is 17.4. The van der Waals surface area contributed by atoms with Crippen molar-refractivity contribution in [1.82, 2.24) is 15.0 Å². The summed E-state index contributed by atoms with van der Waals surface area (Å²) in [7, 11) is -4.40. The highest BCUT2D eigenvalue weighted by molar-refractivity contribution is 9.25. The summed E-state index contributed by atoms with van der Waals surface area (Å²) in [6.07, 6.45) is 0. The molecule has 0 unspecified atom stereocenters. The van der Waals surface area contributed by atoms with Gasteiger partial charge in [0.25, 0.3) is 0 Å². The van der Waals surface area contributed by atoms with E-state index in [1.807, 2.05) is 20.8 Å². The number of ether oxygens (including phenoxy) is 1. The second kappa shape index (κ2) is 9.22. The number of aromatic nitrogens is 3. The Morgan fingerprint density at radius 2 is 1.38 bits per heavy atom. The van der Waals surface area contributed by atoms with Crippen LogP contribution in [0.3, 0.4) is 0 Å². The van der Waals surface area contributed by atoms with Crippen LogP contribution in [-0.4, -0.2) is 41.4 Å². The summed E-state index contributed by atoms with van der Waals surface area (Å²) in [6, 6.07) is 0. The Bertz CT molecular complexity index is 529. The maximum atomic E-state index is 10.3. The lowest BCUT2D eigenvalue weighted by molar-refractivity contribution is 0.00968. The number of phosphoric acid groups is 1. The SMILES string of the molecule is CC(C)(C)C(Br)(Br)OCCOP(=O)(O)O.Nc1nc(N)nc(N)n1. The minimum Gasteiger partial charge on any atom is -0.368 e. The van der Waals surface area contributed by atoms with E-state index in [1.165, 1.54) is 0 Å². The molecule has 0 fully saturated rings. The normalized spacial score (nSPS) is 12.5. The summed E-state index contributed by atoms with van der Waals surface area (Å²) in [6.45, 7) is 5.74. The third-order valence-corrected chi connectivity index (χ3v) is 5.54. The lowest BCUT2D eigenvalue weighted by atomic mass is 9.98. The minimum absolute atomic E-state index is 0.0417. The number of hydrogen-bond donors (Lipinski definition) is 5. The van der Waals surface area contributed by atoms with Crippen LogP contribution in [0.5, 0.6) is 0 Å². The number of rotatable bonds is 5. The fraction of sp³-hybridized carbons (Fsp3) is 0.700. The molecule has 1 aromatic rings. The fourth-order valence-electron chi connectivity index (χ4n) is 0.970. The van der Waals surface area contributed by atoms with Crippen molar-refractivity contribution in [3.8, 4) is 0 Å². The van der Waals surface area contributed by atoms with Gasteiger partial charge in [0.15, 0.2) is 3.42 Å². The van der Waals surface area contributed by atoms with E-state index in [2.05, 4.69) is 51.3 Å². The third kappa shape index (κ3) is 10.3. The van der Waals surface area contributed by atoms with Crippen molar-refractivity contribution < 1.29 is 23.6 Å². The smallest absolute Gasteiger partial charge is 0.368 e. The maximum absolute atomic E-state index is 10.3. The molecule has 0 aliphatic heterocycles. The van der Waals surface area contributed by atoms with Gasteiger partial charge in [-0.1, -0.05) is 20.8 Å². The van der Waals surface area contributed by atoms with Crippen LogP contribution in [-0.2, 0) is 13.8 Å². The van der Waals surface area contributed by atoms with Crippen molar-refractivity contribution in [2.75, 3.05) is 30.4 Å². The summed E-state index contributed by atoms with van der Waals surface area (Å²) >= 11 is 6.66. The molecule has 0 saturated heterocycles. The van der Waals surface area contributed by atoms with Crippen LogP contribution in [0.15, 0.2) is 0 Å². The summed E-state index contributed by atoms with van der Waals surface area (Å²) in [4.78, 5) is 27.3. The van der Waals surface area contributed by atoms with E-state index in [9.17, 15) is 4.57 Å². The van der Waals surface area contributed by atoms with E-state index < -0.39 is 11.2 Å². The highest BCUT2D eigenvalue weighted by Gasteiger charge is 2.38. The minimum atomic E-state index is -4.40. The summed E-state index contributed by atoms with van der Waals surface area (Å²) in [5.41, 5.74) is 15.2. The average Bonchev–Trinajstić information content (AvgIpc) is 2.31. The number of nitrogens with zero attached hydrogens (tertiary/aromatic N) is 3. The van der Waals surface area contributed by atoms with E-state index in [0.29, 0.717) is 0 Å². The second-order valence-corrected chi connectivity index (χ2v) is 9.89. The van der Waals surface area contributed by atoms with Gasteiger partial charge in [-0.2, -0.15) is 15.0 Å². The highest BCUT2D eigenvalue weighted by atomic mass is 79.9. The number of nitrogens with two attached hydrogens (primary N) is 3. The predicted molar refractivity (Wildman–Crippen MR) is 97.1 cm³/mol. The summed E-state index contributed by atoms with van der Waals surface area (Å²) < 4.78 is 19.2. The molecule has 0 radical (unpaired) electrons. The molecule has 1 aromatic heterocycles. The largest absolute Gasteiger partial charge is 0.469 e. The highest BCUT2D eigenvalue weighted by Crippen LogP contribution is 2.44. The molecule has 24 heavy (non-hydrogen) atoms. The molecule has 0 atom stereocenters. The molecule has 0 spiro atoms. The molecule has 1 heterocycles. The van der Waals surface area contributed by atoms with Gasteiger partial charge in [-0.25, -0.2) is 4.57 Å². The van der Waals surface area contributed by atoms with Crippen LogP contribution >= 0.6 is 39.7 Å². The monoisotopic (exact) mass is 494 g/mol. The Morgan fingerprint density at radius 3 is 1.67 bits per heavy atom. The van der Waals surface area contributed by atoms with Crippen molar-refractivity contribution in [3.05, 3.63) is 0 Å². The Morgan fingerprint density at radius 1 is 1.00 bits per heavy atom. The van der Waals surface area contributed by atoms with Crippen molar-refractivity contribution in [1.29, 1.82) is 0 Å². The van der Waals surface area contributed by atoms with Gasteiger partial charge in [0.1, 0.15) is 0 Å². The lowest BCUT2D eigenvalue weighted by Gasteiger charge is -2.34. The Hall–Kier alpha value is -0.560. The molecule has 1 rings (SSSR count).